The minimum atomic E-state index is -3.41. The van der Waals surface area contributed by atoms with E-state index in [1.165, 1.54) is 4.31 Å². The van der Waals surface area contributed by atoms with Gasteiger partial charge in [0.1, 0.15) is 11.5 Å². The molecule has 3 rings (SSSR count). The fraction of sp³-hybridized carbons (Fsp3) is 0.389. The molecule has 2 heterocycles. The van der Waals surface area contributed by atoms with Gasteiger partial charge in [0.05, 0.1) is 14.9 Å². The zero-order valence-electron chi connectivity index (χ0n) is 14.7. The SMILES string of the molecule is Cc1oc(C)c(C(=O)NCc2ccc(S(=O)(=O)N3CCCC3)cc2)c1Br. The quantitative estimate of drug-likeness (QED) is 0.772. The molecule has 8 heteroatoms. The van der Waals surface area contributed by atoms with E-state index in [2.05, 4.69) is 21.2 Å². The Kier molecular flexibility index (Phi) is 5.55. The molecule has 1 amide bonds. The number of hydrogen-bond acceptors (Lipinski definition) is 4. The summed E-state index contributed by atoms with van der Waals surface area (Å²) in [6.07, 6.45) is 1.82. The first-order chi connectivity index (χ1) is 12.3. The summed E-state index contributed by atoms with van der Waals surface area (Å²) in [4.78, 5) is 12.7. The molecule has 1 N–H and O–H groups in total. The highest BCUT2D eigenvalue weighted by Gasteiger charge is 2.27. The Morgan fingerprint density at radius 2 is 1.77 bits per heavy atom. The summed E-state index contributed by atoms with van der Waals surface area (Å²) < 4.78 is 32.6. The van der Waals surface area contributed by atoms with Gasteiger partial charge >= 0.3 is 0 Å². The molecule has 1 aromatic carbocycles. The van der Waals surface area contributed by atoms with Gasteiger partial charge in [-0.3, -0.25) is 4.79 Å². The van der Waals surface area contributed by atoms with E-state index in [9.17, 15) is 13.2 Å². The van der Waals surface area contributed by atoms with Gasteiger partial charge in [-0.2, -0.15) is 4.31 Å². The third kappa shape index (κ3) is 3.72. The number of nitrogens with one attached hydrogen (secondary N) is 1. The van der Waals surface area contributed by atoms with Gasteiger partial charge in [-0.05, 0) is 60.3 Å². The predicted molar refractivity (Wildman–Crippen MR) is 101 cm³/mol. The first-order valence-corrected chi connectivity index (χ1v) is 10.7. The second-order valence-corrected chi connectivity index (χ2v) is 9.07. The molecule has 0 unspecified atom stereocenters. The van der Waals surface area contributed by atoms with Crippen molar-refractivity contribution in [1.82, 2.24) is 9.62 Å². The van der Waals surface area contributed by atoms with Gasteiger partial charge in [0.25, 0.3) is 5.91 Å². The van der Waals surface area contributed by atoms with E-state index in [1.807, 2.05) is 0 Å². The molecule has 0 saturated carbocycles. The van der Waals surface area contributed by atoms with E-state index in [0.29, 0.717) is 46.1 Å². The Balaban J connectivity index is 1.67. The van der Waals surface area contributed by atoms with Crippen LogP contribution in [0.3, 0.4) is 0 Å². The smallest absolute Gasteiger partial charge is 0.256 e. The maximum Gasteiger partial charge on any atom is 0.256 e. The van der Waals surface area contributed by atoms with Crippen molar-refractivity contribution < 1.29 is 17.6 Å². The predicted octanol–water partition coefficient (Wildman–Crippen LogP) is 3.37. The molecule has 6 nitrogen and oxygen atoms in total. The first kappa shape index (κ1) is 19.1. The number of carbonyl (C=O) groups excluding carboxylic acids is 1. The van der Waals surface area contributed by atoms with Crippen molar-refractivity contribution in [2.45, 2.75) is 38.1 Å². The van der Waals surface area contributed by atoms with Gasteiger partial charge < -0.3 is 9.73 Å². The van der Waals surface area contributed by atoms with Crippen LogP contribution in [0, 0.1) is 13.8 Å². The maximum atomic E-state index is 12.5. The second kappa shape index (κ2) is 7.54. The van der Waals surface area contributed by atoms with Crippen molar-refractivity contribution in [2.75, 3.05) is 13.1 Å². The van der Waals surface area contributed by atoms with Crippen molar-refractivity contribution in [3.05, 3.63) is 51.4 Å². The Labute approximate surface area is 161 Å². The molecule has 140 valence electrons. The minimum Gasteiger partial charge on any atom is -0.465 e. The third-order valence-electron chi connectivity index (χ3n) is 4.49. The van der Waals surface area contributed by atoms with E-state index in [-0.39, 0.29) is 5.91 Å². The molecule has 0 atom stereocenters. The van der Waals surface area contributed by atoms with E-state index in [1.54, 1.807) is 38.1 Å². The third-order valence-corrected chi connectivity index (χ3v) is 7.36. The monoisotopic (exact) mass is 440 g/mol. The number of carbonyl (C=O) groups is 1. The van der Waals surface area contributed by atoms with Crippen LogP contribution in [0.15, 0.2) is 38.1 Å². The van der Waals surface area contributed by atoms with Crippen molar-refractivity contribution in [3.8, 4) is 0 Å². The Morgan fingerprint density at radius 1 is 1.15 bits per heavy atom. The fourth-order valence-corrected chi connectivity index (χ4v) is 5.10. The highest BCUT2D eigenvalue weighted by Crippen LogP contribution is 2.27. The molecule has 1 aliphatic rings. The van der Waals surface area contributed by atoms with Crippen molar-refractivity contribution >= 4 is 31.9 Å². The number of sulfonamides is 1. The van der Waals surface area contributed by atoms with Gasteiger partial charge in [-0.25, -0.2) is 8.42 Å². The van der Waals surface area contributed by atoms with Crippen LogP contribution in [0.25, 0.3) is 0 Å². The minimum absolute atomic E-state index is 0.236. The van der Waals surface area contributed by atoms with Crippen LogP contribution in [0.4, 0.5) is 0 Å². The molecule has 1 fully saturated rings. The number of aryl methyl sites for hydroxylation is 2. The summed E-state index contributed by atoms with van der Waals surface area (Å²) in [5.41, 5.74) is 1.31. The van der Waals surface area contributed by atoms with Gasteiger partial charge in [-0.1, -0.05) is 12.1 Å². The van der Waals surface area contributed by atoms with E-state index < -0.39 is 10.0 Å². The van der Waals surface area contributed by atoms with Crippen LogP contribution < -0.4 is 5.32 Å². The molecular weight excluding hydrogens is 420 g/mol. The number of halogens is 1. The van der Waals surface area contributed by atoms with Crippen LogP contribution in [0.1, 0.15) is 40.3 Å². The first-order valence-electron chi connectivity index (χ1n) is 8.43. The molecule has 0 spiro atoms. The zero-order valence-corrected chi connectivity index (χ0v) is 17.1. The van der Waals surface area contributed by atoms with Gasteiger partial charge in [0.15, 0.2) is 0 Å². The van der Waals surface area contributed by atoms with Crippen molar-refractivity contribution in [3.63, 3.8) is 0 Å². The summed E-state index contributed by atoms with van der Waals surface area (Å²) >= 11 is 3.37. The Hall–Kier alpha value is -1.64. The molecule has 0 bridgehead atoms. The van der Waals surface area contributed by atoms with Crippen LogP contribution in [-0.2, 0) is 16.6 Å². The lowest BCUT2D eigenvalue weighted by molar-refractivity contribution is 0.0948. The molecule has 26 heavy (non-hydrogen) atoms. The van der Waals surface area contributed by atoms with Crippen molar-refractivity contribution in [2.24, 2.45) is 0 Å². The van der Waals surface area contributed by atoms with E-state index in [0.717, 1.165) is 18.4 Å². The lowest BCUT2D eigenvalue weighted by Crippen LogP contribution is -2.28. The number of furan rings is 1. The van der Waals surface area contributed by atoms with E-state index in [4.69, 9.17) is 4.42 Å². The standard InChI is InChI=1S/C18H21BrN2O4S/c1-12-16(17(19)13(2)25-12)18(22)20-11-14-5-7-15(8-6-14)26(23,24)21-9-3-4-10-21/h5-8H,3-4,9-11H2,1-2H3,(H,20,22). The number of nitrogens with zero attached hydrogens (tertiary/aromatic N) is 1. The summed E-state index contributed by atoms with van der Waals surface area (Å²) in [6.45, 7) is 4.99. The lowest BCUT2D eigenvalue weighted by atomic mass is 10.2. The molecule has 0 aliphatic carbocycles. The van der Waals surface area contributed by atoms with Gasteiger partial charge in [-0.15, -0.1) is 0 Å². The largest absolute Gasteiger partial charge is 0.465 e. The fourth-order valence-electron chi connectivity index (χ4n) is 3.04. The molecule has 1 aliphatic heterocycles. The average molecular weight is 441 g/mol. The Bertz CT molecular complexity index is 913. The average Bonchev–Trinajstić information content (AvgIpc) is 3.23. The summed E-state index contributed by atoms with van der Waals surface area (Å²) in [5, 5.41) is 2.83. The maximum absolute atomic E-state index is 12.5. The summed E-state index contributed by atoms with van der Waals surface area (Å²) in [7, 11) is -3.41. The van der Waals surface area contributed by atoms with Gasteiger partial charge in [0, 0.05) is 19.6 Å². The highest BCUT2D eigenvalue weighted by molar-refractivity contribution is 9.10. The molecule has 1 saturated heterocycles. The second-order valence-electron chi connectivity index (χ2n) is 6.34. The van der Waals surface area contributed by atoms with Crippen molar-refractivity contribution in [1.29, 1.82) is 0 Å². The summed E-state index contributed by atoms with van der Waals surface area (Å²) in [5.74, 6) is 0.975. The molecular formula is C18H21BrN2O4S. The molecule has 2 aromatic rings. The number of benzene rings is 1. The highest BCUT2D eigenvalue weighted by atomic mass is 79.9. The number of hydrogen-bond donors (Lipinski definition) is 1. The topological polar surface area (TPSA) is 79.6 Å². The van der Waals surface area contributed by atoms with E-state index >= 15 is 0 Å². The van der Waals surface area contributed by atoms with Crippen LogP contribution in [0.5, 0.6) is 0 Å². The van der Waals surface area contributed by atoms with Crippen LogP contribution in [0.2, 0.25) is 0 Å². The number of rotatable bonds is 5. The summed E-state index contributed by atoms with van der Waals surface area (Å²) in [6, 6.07) is 6.65. The lowest BCUT2D eigenvalue weighted by Gasteiger charge is -2.15. The van der Waals surface area contributed by atoms with Gasteiger partial charge in [0.2, 0.25) is 10.0 Å². The van der Waals surface area contributed by atoms with Crippen LogP contribution >= 0.6 is 15.9 Å². The normalized spacial score (nSPS) is 15.3. The van der Waals surface area contributed by atoms with Crippen LogP contribution in [-0.4, -0.2) is 31.7 Å². The molecule has 1 aromatic heterocycles. The Morgan fingerprint density at radius 3 is 2.31 bits per heavy atom. The zero-order chi connectivity index (χ0) is 18.9. The molecule has 0 radical (unpaired) electrons. The number of amides is 1.